The normalized spacial score (nSPS) is 10.3. The summed E-state index contributed by atoms with van der Waals surface area (Å²) in [7, 11) is 1.82. The lowest BCUT2D eigenvalue weighted by molar-refractivity contribution is -0.128. The van der Waals surface area contributed by atoms with Crippen LogP contribution >= 0.6 is 23.5 Å². The fourth-order valence-corrected chi connectivity index (χ4v) is 3.28. The molecule has 0 spiro atoms. The van der Waals surface area contributed by atoms with Crippen LogP contribution in [0.1, 0.15) is 19.3 Å². The molecular weight excluding hydrogens is 264 g/mol. The highest BCUT2D eigenvalue weighted by Crippen LogP contribution is 2.10. The van der Waals surface area contributed by atoms with Gasteiger partial charge >= 0.3 is 0 Å². The van der Waals surface area contributed by atoms with Gasteiger partial charge in [0.25, 0.3) is 0 Å². The smallest absolute Gasteiger partial charge is 0.223 e. The Kier molecular flexibility index (Phi) is 13.2. The molecule has 106 valence electrons. The molecule has 0 saturated heterocycles. The summed E-state index contributed by atoms with van der Waals surface area (Å²) in [5, 5.41) is 0. The molecule has 0 bridgehead atoms. The Labute approximate surface area is 120 Å². The van der Waals surface area contributed by atoms with E-state index in [9.17, 15) is 4.79 Å². The highest BCUT2D eigenvalue weighted by Gasteiger charge is 2.05. The molecule has 0 aromatic rings. The predicted octanol–water partition coefficient (Wildman–Crippen LogP) is 2.23. The van der Waals surface area contributed by atoms with Crippen molar-refractivity contribution in [2.45, 2.75) is 19.3 Å². The summed E-state index contributed by atoms with van der Waals surface area (Å²) in [5.74, 6) is 4.66. The van der Waals surface area contributed by atoms with E-state index in [1.54, 1.807) is 11.0 Å². The highest BCUT2D eigenvalue weighted by molar-refractivity contribution is 8.00. The molecule has 5 heteroatoms. The summed E-state index contributed by atoms with van der Waals surface area (Å²) in [6.45, 7) is 5.06. The standard InChI is InChI=1S/C13H26N2OS2/c1-3-8-15(2)13(16)6-12-18-11-5-10-17-9-4-7-14/h3H,1,4-12,14H2,2H3. The molecule has 18 heavy (non-hydrogen) atoms. The fraction of sp³-hybridized carbons (Fsp3) is 0.769. The lowest BCUT2D eigenvalue weighted by Gasteiger charge is -2.14. The minimum Gasteiger partial charge on any atom is -0.342 e. The molecule has 0 radical (unpaired) electrons. The molecule has 2 N–H and O–H groups in total. The Balaban J connectivity index is 3.24. The van der Waals surface area contributed by atoms with E-state index in [1.165, 1.54) is 17.9 Å². The number of amides is 1. The van der Waals surface area contributed by atoms with Gasteiger partial charge in [0.1, 0.15) is 0 Å². The number of thioether (sulfide) groups is 2. The molecule has 0 aromatic carbocycles. The van der Waals surface area contributed by atoms with Crippen molar-refractivity contribution in [2.24, 2.45) is 5.73 Å². The first-order valence-electron chi connectivity index (χ1n) is 6.42. The maximum absolute atomic E-state index is 11.6. The number of hydrogen-bond donors (Lipinski definition) is 1. The van der Waals surface area contributed by atoms with Gasteiger partial charge in [-0.25, -0.2) is 0 Å². The van der Waals surface area contributed by atoms with Crippen LogP contribution in [0, 0.1) is 0 Å². The van der Waals surface area contributed by atoms with Crippen molar-refractivity contribution in [2.75, 3.05) is 43.1 Å². The summed E-state index contributed by atoms with van der Waals surface area (Å²) in [6, 6.07) is 0. The summed E-state index contributed by atoms with van der Waals surface area (Å²) in [6.07, 6.45) is 4.72. The second kappa shape index (κ2) is 13.3. The van der Waals surface area contributed by atoms with Crippen LogP contribution in [-0.2, 0) is 4.79 Å². The Bertz CT molecular complexity index is 225. The van der Waals surface area contributed by atoms with Gasteiger partial charge in [0.2, 0.25) is 5.91 Å². The number of nitrogens with zero attached hydrogens (tertiary/aromatic N) is 1. The van der Waals surface area contributed by atoms with Gasteiger partial charge in [0, 0.05) is 25.8 Å². The number of likely N-dealkylation sites (N-methyl/N-ethyl adjacent to an activating group) is 1. The fourth-order valence-electron chi connectivity index (χ4n) is 1.30. The molecule has 3 nitrogen and oxygen atoms in total. The van der Waals surface area contributed by atoms with E-state index in [2.05, 4.69) is 6.58 Å². The number of carbonyl (C=O) groups excluding carboxylic acids is 1. The van der Waals surface area contributed by atoms with Crippen molar-refractivity contribution in [3.8, 4) is 0 Å². The molecule has 0 aromatic heterocycles. The first-order valence-corrected chi connectivity index (χ1v) is 8.73. The van der Waals surface area contributed by atoms with E-state index in [-0.39, 0.29) is 5.91 Å². The van der Waals surface area contributed by atoms with Crippen LogP contribution in [0.4, 0.5) is 0 Å². The lowest BCUT2D eigenvalue weighted by Crippen LogP contribution is -2.26. The largest absolute Gasteiger partial charge is 0.342 e. The average Bonchev–Trinajstić information content (AvgIpc) is 2.36. The van der Waals surface area contributed by atoms with Crippen molar-refractivity contribution in [3.05, 3.63) is 12.7 Å². The highest BCUT2D eigenvalue weighted by atomic mass is 32.2. The van der Waals surface area contributed by atoms with E-state index in [1.807, 2.05) is 30.6 Å². The van der Waals surface area contributed by atoms with E-state index in [0.29, 0.717) is 13.0 Å². The molecule has 0 atom stereocenters. The Morgan fingerprint density at radius 2 is 1.83 bits per heavy atom. The van der Waals surface area contributed by atoms with Crippen LogP contribution in [0.3, 0.4) is 0 Å². The molecule has 0 saturated carbocycles. The van der Waals surface area contributed by atoms with Crippen LogP contribution < -0.4 is 5.73 Å². The first kappa shape index (κ1) is 17.9. The number of hydrogen-bond acceptors (Lipinski definition) is 4. The maximum atomic E-state index is 11.6. The minimum absolute atomic E-state index is 0.208. The van der Waals surface area contributed by atoms with Gasteiger partial charge in [-0.2, -0.15) is 23.5 Å². The third-order valence-corrected chi connectivity index (χ3v) is 4.58. The third kappa shape index (κ3) is 11.0. The van der Waals surface area contributed by atoms with Crippen LogP contribution in [0.5, 0.6) is 0 Å². The topological polar surface area (TPSA) is 46.3 Å². The molecule has 0 fully saturated rings. The van der Waals surface area contributed by atoms with E-state index in [4.69, 9.17) is 5.73 Å². The van der Waals surface area contributed by atoms with Crippen LogP contribution in [0.25, 0.3) is 0 Å². The SMILES string of the molecule is C=CCN(C)C(=O)CCSCCCSCCCN. The molecule has 0 unspecified atom stereocenters. The average molecular weight is 290 g/mol. The van der Waals surface area contributed by atoms with Gasteiger partial charge in [-0.05, 0) is 36.6 Å². The van der Waals surface area contributed by atoms with Crippen molar-refractivity contribution in [1.29, 1.82) is 0 Å². The van der Waals surface area contributed by atoms with Gasteiger partial charge in [-0.3, -0.25) is 4.79 Å². The molecule has 0 aliphatic heterocycles. The van der Waals surface area contributed by atoms with Crippen LogP contribution in [0.2, 0.25) is 0 Å². The quantitative estimate of drug-likeness (QED) is 0.442. The summed E-state index contributed by atoms with van der Waals surface area (Å²) in [4.78, 5) is 13.3. The summed E-state index contributed by atoms with van der Waals surface area (Å²) in [5.41, 5.74) is 5.42. The van der Waals surface area contributed by atoms with Crippen LogP contribution in [-0.4, -0.2) is 54.0 Å². The molecule has 1 amide bonds. The lowest BCUT2D eigenvalue weighted by atomic mass is 10.4. The van der Waals surface area contributed by atoms with Crippen LogP contribution in [0.15, 0.2) is 12.7 Å². The summed E-state index contributed by atoms with van der Waals surface area (Å²) < 4.78 is 0. The molecule has 0 heterocycles. The van der Waals surface area contributed by atoms with Crippen molar-refractivity contribution < 1.29 is 4.79 Å². The monoisotopic (exact) mass is 290 g/mol. The predicted molar refractivity (Wildman–Crippen MR) is 85.4 cm³/mol. The van der Waals surface area contributed by atoms with Gasteiger partial charge < -0.3 is 10.6 Å². The maximum Gasteiger partial charge on any atom is 0.223 e. The van der Waals surface area contributed by atoms with Crippen molar-refractivity contribution in [3.63, 3.8) is 0 Å². The number of nitrogens with two attached hydrogens (primary N) is 1. The van der Waals surface area contributed by atoms with E-state index < -0.39 is 0 Å². The Hall–Kier alpha value is -0.130. The molecule has 0 aliphatic rings. The van der Waals surface area contributed by atoms with Crippen molar-refractivity contribution >= 4 is 29.4 Å². The van der Waals surface area contributed by atoms with Gasteiger partial charge in [-0.1, -0.05) is 6.08 Å². The third-order valence-electron chi connectivity index (χ3n) is 2.36. The summed E-state index contributed by atoms with van der Waals surface area (Å²) >= 11 is 3.84. The molecular formula is C13H26N2OS2. The van der Waals surface area contributed by atoms with Gasteiger partial charge in [-0.15, -0.1) is 6.58 Å². The second-order valence-electron chi connectivity index (χ2n) is 4.03. The van der Waals surface area contributed by atoms with Gasteiger partial charge in [0.15, 0.2) is 0 Å². The molecule has 0 aliphatic carbocycles. The van der Waals surface area contributed by atoms with Gasteiger partial charge in [0.05, 0.1) is 0 Å². The van der Waals surface area contributed by atoms with Crippen molar-refractivity contribution in [1.82, 2.24) is 4.90 Å². The number of carbonyl (C=O) groups is 1. The number of rotatable bonds is 12. The zero-order valence-electron chi connectivity index (χ0n) is 11.4. The first-order chi connectivity index (χ1) is 8.72. The van der Waals surface area contributed by atoms with E-state index in [0.717, 1.165) is 24.5 Å². The second-order valence-corrected chi connectivity index (χ2v) is 6.48. The Morgan fingerprint density at radius 3 is 2.44 bits per heavy atom. The minimum atomic E-state index is 0.208. The van der Waals surface area contributed by atoms with E-state index >= 15 is 0 Å². The molecule has 0 rings (SSSR count). The zero-order valence-corrected chi connectivity index (χ0v) is 13.0. The zero-order chi connectivity index (χ0) is 13.6. The Morgan fingerprint density at radius 1 is 1.22 bits per heavy atom.